The zero-order valence-corrected chi connectivity index (χ0v) is 13.5. The van der Waals surface area contributed by atoms with Gasteiger partial charge < -0.3 is 4.90 Å². The minimum Gasteiger partial charge on any atom is -0.303 e. The van der Waals surface area contributed by atoms with Crippen molar-refractivity contribution < 1.29 is 0 Å². The summed E-state index contributed by atoms with van der Waals surface area (Å²) in [4.78, 5) is 2.64. The third-order valence-electron chi connectivity index (χ3n) is 5.26. The van der Waals surface area contributed by atoms with Crippen LogP contribution in [-0.4, -0.2) is 36.1 Å². The van der Waals surface area contributed by atoms with Gasteiger partial charge in [-0.05, 0) is 64.3 Å². The summed E-state index contributed by atoms with van der Waals surface area (Å²) < 4.78 is 0. The van der Waals surface area contributed by atoms with Crippen LogP contribution in [0.2, 0.25) is 0 Å². The molecule has 2 fully saturated rings. The fourth-order valence-corrected chi connectivity index (χ4v) is 4.19. The Kier molecular flexibility index (Phi) is 5.46. The number of likely N-dealkylation sites (tertiary alicyclic amines) is 1. The average molecular weight is 277 g/mol. The highest BCUT2D eigenvalue weighted by atomic mass is 15.2. The summed E-state index contributed by atoms with van der Waals surface area (Å²) in [7, 11) is 0. The molecule has 0 aromatic rings. The first-order valence-corrected chi connectivity index (χ1v) is 8.50. The molecule has 1 aliphatic carbocycles. The molecule has 0 amide bonds. The van der Waals surface area contributed by atoms with Crippen molar-refractivity contribution in [3.8, 4) is 6.07 Å². The zero-order valence-electron chi connectivity index (χ0n) is 13.5. The Bertz CT molecular complexity index is 335. The normalized spacial score (nSPS) is 29.4. The van der Waals surface area contributed by atoms with E-state index in [1.165, 1.54) is 38.9 Å². The molecule has 1 heterocycles. The van der Waals surface area contributed by atoms with Gasteiger partial charge in [-0.3, -0.25) is 5.32 Å². The van der Waals surface area contributed by atoms with Gasteiger partial charge in [-0.25, -0.2) is 0 Å². The third kappa shape index (κ3) is 3.74. The van der Waals surface area contributed by atoms with Crippen LogP contribution in [0.15, 0.2) is 0 Å². The van der Waals surface area contributed by atoms with Gasteiger partial charge >= 0.3 is 0 Å². The van der Waals surface area contributed by atoms with Crippen LogP contribution >= 0.6 is 0 Å². The van der Waals surface area contributed by atoms with Gasteiger partial charge in [0.1, 0.15) is 5.54 Å². The van der Waals surface area contributed by atoms with E-state index in [0.717, 1.165) is 31.1 Å². The lowest BCUT2D eigenvalue weighted by Gasteiger charge is -2.30. The number of nitriles is 1. The van der Waals surface area contributed by atoms with E-state index >= 15 is 0 Å². The van der Waals surface area contributed by atoms with Gasteiger partial charge in [0, 0.05) is 19.1 Å². The second kappa shape index (κ2) is 6.91. The summed E-state index contributed by atoms with van der Waals surface area (Å²) in [5.41, 5.74) is -0.316. The molecule has 3 heteroatoms. The maximum atomic E-state index is 9.52. The molecule has 1 saturated carbocycles. The second-order valence-electron chi connectivity index (χ2n) is 7.16. The van der Waals surface area contributed by atoms with Crippen LogP contribution in [0.4, 0.5) is 0 Å². The van der Waals surface area contributed by atoms with E-state index in [-0.39, 0.29) is 5.54 Å². The van der Waals surface area contributed by atoms with E-state index in [1.807, 2.05) is 0 Å². The summed E-state index contributed by atoms with van der Waals surface area (Å²) in [6.07, 6.45) is 7.37. The van der Waals surface area contributed by atoms with Crippen molar-refractivity contribution in [2.24, 2.45) is 11.8 Å². The Balaban J connectivity index is 1.75. The highest BCUT2D eigenvalue weighted by Crippen LogP contribution is 2.37. The molecule has 3 unspecified atom stereocenters. The van der Waals surface area contributed by atoms with E-state index in [1.54, 1.807) is 0 Å². The largest absolute Gasteiger partial charge is 0.303 e. The number of fused-ring (bicyclic) bond motifs is 1. The fourth-order valence-electron chi connectivity index (χ4n) is 4.19. The summed E-state index contributed by atoms with van der Waals surface area (Å²) in [6, 6.07) is 2.91. The molecule has 114 valence electrons. The van der Waals surface area contributed by atoms with Crippen LogP contribution in [0.5, 0.6) is 0 Å². The average Bonchev–Trinajstić information content (AvgIpc) is 2.98. The molecule has 2 aliphatic rings. The lowest BCUT2D eigenvalue weighted by molar-refractivity contribution is 0.273. The Hall–Kier alpha value is -0.590. The van der Waals surface area contributed by atoms with Gasteiger partial charge in [0.2, 0.25) is 0 Å². The second-order valence-corrected chi connectivity index (χ2v) is 7.16. The van der Waals surface area contributed by atoms with Crippen molar-refractivity contribution in [3.63, 3.8) is 0 Å². The maximum absolute atomic E-state index is 9.52. The molecule has 1 aliphatic heterocycles. The van der Waals surface area contributed by atoms with Gasteiger partial charge in [-0.1, -0.05) is 13.3 Å². The van der Waals surface area contributed by atoms with Crippen LogP contribution < -0.4 is 5.32 Å². The monoisotopic (exact) mass is 277 g/mol. The van der Waals surface area contributed by atoms with E-state index in [4.69, 9.17) is 0 Å². The molecule has 0 spiro atoms. The highest BCUT2D eigenvalue weighted by molar-refractivity contribution is 5.07. The van der Waals surface area contributed by atoms with E-state index < -0.39 is 0 Å². The van der Waals surface area contributed by atoms with E-state index in [0.29, 0.717) is 6.04 Å². The predicted molar refractivity (Wildman–Crippen MR) is 83.4 cm³/mol. The fraction of sp³-hybridized carbons (Fsp3) is 0.941. The number of rotatable bonds is 7. The molecule has 20 heavy (non-hydrogen) atoms. The SMILES string of the molecule is CCC(C#N)(CCCN1CC2CCCC2C1)NC(C)C. The van der Waals surface area contributed by atoms with Crippen molar-refractivity contribution >= 4 is 0 Å². The molecule has 0 aromatic heterocycles. The Morgan fingerprint density at radius 1 is 1.30 bits per heavy atom. The smallest absolute Gasteiger partial charge is 0.106 e. The minimum absolute atomic E-state index is 0.316. The zero-order chi connectivity index (χ0) is 14.6. The quantitative estimate of drug-likeness (QED) is 0.777. The van der Waals surface area contributed by atoms with Crippen LogP contribution in [0.3, 0.4) is 0 Å². The van der Waals surface area contributed by atoms with Gasteiger partial charge in [0.05, 0.1) is 6.07 Å². The lowest BCUT2D eigenvalue weighted by atomic mass is 9.91. The van der Waals surface area contributed by atoms with Crippen molar-refractivity contribution in [1.82, 2.24) is 10.2 Å². The van der Waals surface area contributed by atoms with Crippen LogP contribution in [-0.2, 0) is 0 Å². The van der Waals surface area contributed by atoms with E-state index in [9.17, 15) is 5.26 Å². The first-order chi connectivity index (χ1) is 9.58. The van der Waals surface area contributed by atoms with Gasteiger partial charge in [-0.2, -0.15) is 5.26 Å². The van der Waals surface area contributed by atoms with E-state index in [2.05, 4.69) is 37.1 Å². The molecule has 0 aromatic carbocycles. The number of hydrogen-bond donors (Lipinski definition) is 1. The Morgan fingerprint density at radius 2 is 1.95 bits per heavy atom. The van der Waals surface area contributed by atoms with Gasteiger partial charge in [-0.15, -0.1) is 0 Å². The minimum atomic E-state index is -0.316. The first kappa shape index (κ1) is 15.8. The molecular weight excluding hydrogens is 246 g/mol. The molecule has 2 rings (SSSR count). The standard InChI is InChI=1S/C17H31N3/c1-4-17(13-18,19-14(2)3)9-6-10-20-11-15-7-5-8-16(15)12-20/h14-16,19H,4-12H2,1-3H3. The van der Waals surface area contributed by atoms with Crippen LogP contribution in [0, 0.1) is 23.2 Å². The molecular formula is C17H31N3. The summed E-state index contributed by atoms with van der Waals surface area (Å²) in [6.45, 7) is 10.2. The lowest BCUT2D eigenvalue weighted by Crippen LogP contribution is -2.47. The van der Waals surface area contributed by atoms with Crippen LogP contribution in [0.1, 0.15) is 59.3 Å². The Morgan fingerprint density at radius 3 is 2.45 bits per heavy atom. The van der Waals surface area contributed by atoms with Crippen molar-refractivity contribution in [2.45, 2.75) is 70.9 Å². The summed E-state index contributed by atoms with van der Waals surface area (Å²) in [5, 5.41) is 13.0. The molecule has 3 atom stereocenters. The third-order valence-corrected chi connectivity index (χ3v) is 5.26. The van der Waals surface area contributed by atoms with Gasteiger partial charge in [0.15, 0.2) is 0 Å². The summed E-state index contributed by atoms with van der Waals surface area (Å²) >= 11 is 0. The van der Waals surface area contributed by atoms with Crippen molar-refractivity contribution in [3.05, 3.63) is 0 Å². The van der Waals surface area contributed by atoms with Crippen molar-refractivity contribution in [1.29, 1.82) is 5.26 Å². The number of hydrogen-bond acceptors (Lipinski definition) is 3. The first-order valence-electron chi connectivity index (χ1n) is 8.50. The molecule has 1 saturated heterocycles. The Labute approximate surface area is 124 Å². The topological polar surface area (TPSA) is 39.1 Å². The number of nitrogens with one attached hydrogen (secondary N) is 1. The predicted octanol–water partition coefficient (Wildman–Crippen LogP) is 3.17. The number of nitrogens with zero attached hydrogens (tertiary/aromatic N) is 2. The molecule has 0 radical (unpaired) electrons. The maximum Gasteiger partial charge on any atom is 0.106 e. The molecule has 3 nitrogen and oxygen atoms in total. The molecule has 1 N–H and O–H groups in total. The van der Waals surface area contributed by atoms with Crippen LogP contribution in [0.25, 0.3) is 0 Å². The molecule has 0 bridgehead atoms. The highest BCUT2D eigenvalue weighted by Gasteiger charge is 2.36. The van der Waals surface area contributed by atoms with Gasteiger partial charge in [0.25, 0.3) is 0 Å². The summed E-state index contributed by atoms with van der Waals surface area (Å²) in [5.74, 6) is 1.96. The van der Waals surface area contributed by atoms with Crippen molar-refractivity contribution in [2.75, 3.05) is 19.6 Å².